The monoisotopic (exact) mass is 508 g/mol. The molecule has 5 rings (SSSR count). The third kappa shape index (κ3) is 4.70. The second-order valence-corrected chi connectivity index (χ2v) is 10.5. The molecule has 0 aliphatic carbocycles. The van der Waals surface area contributed by atoms with Crippen molar-refractivity contribution in [3.63, 3.8) is 0 Å². The van der Waals surface area contributed by atoms with Crippen molar-refractivity contribution in [3.8, 4) is 22.3 Å². The maximum Gasteiger partial charge on any atom is 0.263 e. The van der Waals surface area contributed by atoms with Crippen molar-refractivity contribution in [2.45, 2.75) is 18.6 Å². The van der Waals surface area contributed by atoms with Gasteiger partial charge in [-0.1, -0.05) is 103 Å². The molecule has 0 atom stereocenters. The molecular weight excluding hydrogens is 484 g/mol. The summed E-state index contributed by atoms with van der Waals surface area (Å²) in [6.45, 7) is 6.16. The van der Waals surface area contributed by atoms with Gasteiger partial charge in [-0.05, 0) is 23.6 Å². The van der Waals surface area contributed by atoms with Crippen LogP contribution in [0.2, 0.25) is 0 Å². The van der Waals surface area contributed by atoms with Gasteiger partial charge in [0.15, 0.2) is 10.9 Å². The van der Waals surface area contributed by atoms with Crippen LogP contribution in [0.3, 0.4) is 0 Å². The molecule has 0 saturated carbocycles. The molecule has 0 aliphatic heterocycles. The first kappa shape index (κ1) is 24.0. The zero-order chi connectivity index (χ0) is 25.1. The quantitative estimate of drug-likeness (QED) is 0.0958. The van der Waals surface area contributed by atoms with E-state index in [4.69, 9.17) is 4.98 Å². The standard InChI is InChI=1S/C30H24N2O2S2/c1-3-18-32-29(34)27-26(24-12-8-5-9-13-24)20(2)36-28(27)31-30(32)35-19-25(33)23-16-14-22(15-17-23)21-10-6-4-7-11-21/h3-17H,1,18-19H2,2H3. The summed E-state index contributed by atoms with van der Waals surface area (Å²) in [4.78, 5) is 33.2. The molecule has 0 amide bonds. The molecule has 4 nitrogen and oxygen atoms in total. The van der Waals surface area contributed by atoms with E-state index in [1.54, 1.807) is 10.6 Å². The van der Waals surface area contributed by atoms with Gasteiger partial charge in [0.25, 0.3) is 5.56 Å². The zero-order valence-corrected chi connectivity index (χ0v) is 21.4. The summed E-state index contributed by atoms with van der Waals surface area (Å²) >= 11 is 2.80. The van der Waals surface area contributed by atoms with Crippen molar-refractivity contribution in [1.29, 1.82) is 0 Å². The highest BCUT2D eigenvalue weighted by molar-refractivity contribution is 7.99. The van der Waals surface area contributed by atoms with Gasteiger partial charge in [-0.25, -0.2) is 4.98 Å². The average molecular weight is 509 g/mol. The Balaban J connectivity index is 1.44. The number of aryl methyl sites for hydroxylation is 1. The van der Waals surface area contributed by atoms with Crippen LogP contribution in [0.4, 0.5) is 0 Å². The van der Waals surface area contributed by atoms with E-state index in [2.05, 4.69) is 6.58 Å². The van der Waals surface area contributed by atoms with Crippen LogP contribution in [0.1, 0.15) is 15.2 Å². The molecule has 0 radical (unpaired) electrons. The van der Waals surface area contributed by atoms with E-state index in [9.17, 15) is 9.59 Å². The number of hydrogen-bond acceptors (Lipinski definition) is 5. The van der Waals surface area contributed by atoms with Crippen LogP contribution in [-0.2, 0) is 6.54 Å². The minimum Gasteiger partial charge on any atom is -0.293 e. The molecule has 36 heavy (non-hydrogen) atoms. The summed E-state index contributed by atoms with van der Waals surface area (Å²) in [5.41, 5.74) is 4.63. The van der Waals surface area contributed by atoms with E-state index in [1.165, 1.54) is 23.1 Å². The lowest BCUT2D eigenvalue weighted by molar-refractivity contribution is 0.102. The summed E-state index contributed by atoms with van der Waals surface area (Å²) in [6.07, 6.45) is 1.69. The number of nitrogens with zero attached hydrogens (tertiary/aromatic N) is 2. The van der Waals surface area contributed by atoms with Crippen molar-refractivity contribution >= 4 is 39.1 Å². The fraction of sp³-hybridized carbons (Fsp3) is 0.100. The molecule has 3 aromatic carbocycles. The van der Waals surface area contributed by atoms with Crippen LogP contribution in [0.25, 0.3) is 32.5 Å². The number of Topliss-reactive ketones (excluding diaryl/α,β-unsaturated/α-hetero) is 1. The molecule has 0 N–H and O–H groups in total. The van der Waals surface area contributed by atoms with Gasteiger partial charge in [0.05, 0.1) is 11.1 Å². The first-order valence-electron chi connectivity index (χ1n) is 11.6. The van der Waals surface area contributed by atoms with Crippen LogP contribution in [-0.4, -0.2) is 21.1 Å². The Kier molecular flexibility index (Phi) is 6.98. The van der Waals surface area contributed by atoms with Crippen molar-refractivity contribution in [3.05, 3.63) is 118 Å². The Bertz CT molecular complexity index is 1600. The highest BCUT2D eigenvalue weighted by Crippen LogP contribution is 2.36. The van der Waals surface area contributed by atoms with Gasteiger partial charge < -0.3 is 0 Å². The second kappa shape index (κ2) is 10.5. The van der Waals surface area contributed by atoms with Crippen molar-refractivity contribution in [2.75, 3.05) is 5.75 Å². The molecule has 6 heteroatoms. The summed E-state index contributed by atoms with van der Waals surface area (Å²) in [5, 5.41) is 1.15. The Morgan fingerprint density at radius 2 is 1.56 bits per heavy atom. The average Bonchev–Trinajstić information content (AvgIpc) is 3.26. The summed E-state index contributed by atoms with van der Waals surface area (Å²) < 4.78 is 1.62. The predicted molar refractivity (Wildman–Crippen MR) is 151 cm³/mol. The van der Waals surface area contributed by atoms with E-state index < -0.39 is 0 Å². The number of rotatable bonds is 8. The largest absolute Gasteiger partial charge is 0.293 e. The molecule has 0 unspecified atom stereocenters. The normalized spacial score (nSPS) is 11.0. The van der Waals surface area contributed by atoms with E-state index >= 15 is 0 Å². The number of carbonyl (C=O) groups excluding carboxylic acids is 1. The van der Waals surface area contributed by atoms with Gasteiger partial charge in [-0.2, -0.15) is 0 Å². The van der Waals surface area contributed by atoms with E-state index in [1.807, 2.05) is 91.9 Å². The number of thioether (sulfide) groups is 1. The number of allylic oxidation sites excluding steroid dienone is 1. The topological polar surface area (TPSA) is 52.0 Å². The number of benzene rings is 3. The maximum atomic E-state index is 13.6. The van der Waals surface area contributed by atoms with E-state index in [-0.39, 0.29) is 17.1 Å². The molecular formula is C30H24N2O2S2. The molecule has 2 aromatic heterocycles. The van der Waals surface area contributed by atoms with Gasteiger partial charge in [-0.3, -0.25) is 14.2 Å². The molecule has 5 aromatic rings. The molecule has 0 saturated heterocycles. The first-order chi connectivity index (χ1) is 17.6. The predicted octanol–water partition coefficient (Wildman–Crippen LogP) is 7.26. The van der Waals surface area contributed by atoms with Crippen LogP contribution in [0, 0.1) is 6.92 Å². The molecule has 178 valence electrons. The number of thiophene rings is 1. The van der Waals surface area contributed by atoms with Gasteiger partial charge in [0.2, 0.25) is 0 Å². The third-order valence-corrected chi connectivity index (χ3v) is 7.95. The zero-order valence-electron chi connectivity index (χ0n) is 19.8. The van der Waals surface area contributed by atoms with E-state index in [0.717, 1.165) is 27.1 Å². The minimum absolute atomic E-state index is 0.00792. The first-order valence-corrected chi connectivity index (χ1v) is 13.4. The molecule has 0 fully saturated rings. The third-order valence-electron chi connectivity index (χ3n) is 5.97. The van der Waals surface area contributed by atoms with E-state index in [0.29, 0.717) is 27.5 Å². The summed E-state index contributed by atoms with van der Waals surface area (Å²) in [7, 11) is 0. The Hall–Kier alpha value is -3.74. The fourth-order valence-corrected chi connectivity index (χ4v) is 6.21. The molecule has 0 spiro atoms. The summed E-state index contributed by atoms with van der Waals surface area (Å²) in [6, 6.07) is 27.6. The van der Waals surface area contributed by atoms with Gasteiger partial charge >= 0.3 is 0 Å². The minimum atomic E-state index is -0.106. The Labute approximate surface area is 218 Å². The van der Waals surface area contributed by atoms with Crippen LogP contribution >= 0.6 is 23.1 Å². The van der Waals surface area contributed by atoms with Gasteiger partial charge in [-0.15, -0.1) is 17.9 Å². The maximum absolute atomic E-state index is 13.6. The van der Waals surface area contributed by atoms with Crippen molar-refractivity contribution in [1.82, 2.24) is 9.55 Å². The Morgan fingerprint density at radius 3 is 2.19 bits per heavy atom. The smallest absolute Gasteiger partial charge is 0.263 e. The molecule has 0 aliphatic rings. The highest BCUT2D eigenvalue weighted by atomic mass is 32.2. The number of hydrogen-bond donors (Lipinski definition) is 0. The van der Waals surface area contributed by atoms with Crippen molar-refractivity contribution in [2.24, 2.45) is 0 Å². The van der Waals surface area contributed by atoms with Crippen LogP contribution in [0.15, 0.2) is 108 Å². The van der Waals surface area contributed by atoms with Crippen LogP contribution < -0.4 is 5.56 Å². The number of ketones is 1. The number of aromatic nitrogens is 2. The number of fused-ring (bicyclic) bond motifs is 1. The van der Waals surface area contributed by atoms with Crippen LogP contribution in [0.5, 0.6) is 0 Å². The SMILES string of the molecule is C=CCn1c(SCC(=O)c2ccc(-c3ccccc3)cc2)nc2sc(C)c(-c3ccccc3)c2c1=O. The van der Waals surface area contributed by atoms with Crippen molar-refractivity contribution < 1.29 is 4.79 Å². The lowest BCUT2D eigenvalue weighted by Crippen LogP contribution is -2.23. The number of carbonyl (C=O) groups is 1. The lowest BCUT2D eigenvalue weighted by atomic mass is 10.0. The highest BCUT2D eigenvalue weighted by Gasteiger charge is 2.20. The van der Waals surface area contributed by atoms with Gasteiger partial charge in [0.1, 0.15) is 4.83 Å². The Morgan fingerprint density at radius 1 is 0.944 bits per heavy atom. The molecule has 0 bridgehead atoms. The molecule has 2 heterocycles. The summed E-state index contributed by atoms with van der Waals surface area (Å²) in [5.74, 6) is 0.182. The fourth-order valence-electron chi connectivity index (χ4n) is 4.22. The van der Waals surface area contributed by atoms with Gasteiger partial charge in [0, 0.05) is 22.5 Å². The lowest BCUT2D eigenvalue weighted by Gasteiger charge is -2.11. The second-order valence-electron chi connectivity index (χ2n) is 8.33.